The van der Waals surface area contributed by atoms with E-state index in [0.29, 0.717) is 12.0 Å². The molecule has 0 saturated carbocycles. The Morgan fingerprint density at radius 3 is 3.00 bits per heavy atom. The van der Waals surface area contributed by atoms with Crippen LogP contribution < -0.4 is 0 Å². The van der Waals surface area contributed by atoms with E-state index in [2.05, 4.69) is 51.9 Å². The first kappa shape index (κ1) is 14.7. The number of thiophene rings is 1. The van der Waals surface area contributed by atoms with Crippen LogP contribution in [0.5, 0.6) is 0 Å². The smallest absolute Gasteiger partial charge is 0.137 e. The van der Waals surface area contributed by atoms with E-state index < -0.39 is 0 Å². The van der Waals surface area contributed by atoms with Crippen LogP contribution >= 0.6 is 11.3 Å². The van der Waals surface area contributed by atoms with Crippen molar-refractivity contribution in [2.24, 2.45) is 0 Å². The highest BCUT2D eigenvalue weighted by Crippen LogP contribution is 2.29. The van der Waals surface area contributed by atoms with Crippen LogP contribution in [0.4, 0.5) is 0 Å². The fourth-order valence-electron chi connectivity index (χ4n) is 3.12. The molecule has 4 nitrogen and oxygen atoms in total. The number of likely N-dealkylation sites (tertiary alicyclic amines) is 1. The number of aromatic nitrogens is 3. The van der Waals surface area contributed by atoms with Crippen molar-refractivity contribution >= 4 is 11.3 Å². The maximum absolute atomic E-state index is 4.40. The number of rotatable bonds is 4. The normalized spacial score (nSPS) is 20.3. The molecule has 0 unspecified atom stereocenters. The van der Waals surface area contributed by atoms with Gasteiger partial charge in [-0.1, -0.05) is 0 Å². The Hall–Kier alpha value is -1.20. The van der Waals surface area contributed by atoms with Crippen molar-refractivity contribution < 1.29 is 0 Å². The van der Waals surface area contributed by atoms with E-state index in [4.69, 9.17) is 0 Å². The number of hydrogen-bond donors (Lipinski definition) is 0. The molecule has 1 aliphatic heterocycles. The van der Waals surface area contributed by atoms with Gasteiger partial charge in [-0.3, -0.25) is 4.90 Å². The average molecular weight is 304 g/mol. The minimum Gasteiger partial charge on any atom is -0.315 e. The second kappa shape index (κ2) is 6.28. The second-order valence-electron chi connectivity index (χ2n) is 6.29. The first-order valence-corrected chi connectivity index (χ1v) is 8.68. The molecule has 1 saturated heterocycles. The summed E-state index contributed by atoms with van der Waals surface area (Å²) in [6.07, 6.45) is 4.35. The van der Waals surface area contributed by atoms with Gasteiger partial charge in [-0.2, -0.15) is 0 Å². The van der Waals surface area contributed by atoms with Gasteiger partial charge in [0.2, 0.25) is 0 Å². The number of hydrogen-bond acceptors (Lipinski definition) is 4. The SMILES string of the molecule is Cc1ccsc1CN1CCC[C@@H](c2nncn2C(C)C)C1. The van der Waals surface area contributed by atoms with E-state index in [1.807, 2.05) is 17.7 Å². The Kier molecular flexibility index (Phi) is 4.40. The zero-order chi connectivity index (χ0) is 14.8. The van der Waals surface area contributed by atoms with Gasteiger partial charge in [-0.05, 0) is 57.2 Å². The third-order valence-electron chi connectivity index (χ3n) is 4.36. The van der Waals surface area contributed by atoms with Crippen molar-refractivity contribution in [3.8, 4) is 0 Å². The quantitative estimate of drug-likeness (QED) is 0.865. The van der Waals surface area contributed by atoms with Crippen LogP contribution in [0.15, 0.2) is 17.8 Å². The minimum atomic E-state index is 0.435. The highest BCUT2D eigenvalue weighted by Gasteiger charge is 2.26. The van der Waals surface area contributed by atoms with Crippen molar-refractivity contribution in [3.63, 3.8) is 0 Å². The van der Waals surface area contributed by atoms with E-state index in [0.717, 1.165) is 18.9 Å². The molecule has 21 heavy (non-hydrogen) atoms. The summed E-state index contributed by atoms with van der Waals surface area (Å²) in [7, 11) is 0. The molecule has 0 aliphatic carbocycles. The maximum Gasteiger partial charge on any atom is 0.137 e. The molecule has 0 radical (unpaired) electrons. The predicted molar refractivity (Wildman–Crippen MR) is 86.7 cm³/mol. The Morgan fingerprint density at radius 1 is 1.43 bits per heavy atom. The lowest BCUT2D eigenvalue weighted by Gasteiger charge is -2.32. The molecule has 1 aliphatic rings. The minimum absolute atomic E-state index is 0.435. The molecule has 0 aromatic carbocycles. The van der Waals surface area contributed by atoms with Crippen molar-refractivity contribution in [1.29, 1.82) is 0 Å². The van der Waals surface area contributed by atoms with Gasteiger partial charge in [0.15, 0.2) is 0 Å². The monoisotopic (exact) mass is 304 g/mol. The topological polar surface area (TPSA) is 34.0 Å². The van der Waals surface area contributed by atoms with Gasteiger partial charge in [0.25, 0.3) is 0 Å². The van der Waals surface area contributed by atoms with Crippen LogP contribution in [0.25, 0.3) is 0 Å². The summed E-state index contributed by atoms with van der Waals surface area (Å²) in [6, 6.07) is 2.65. The summed E-state index contributed by atoms with van der Waals surface area (Å²) >= 11 is 1.88. The molecule has 0 bridgehead atoms. The summed E-state index contributed by atoms with van der Waals surface area (Å²) in [6.45, 7) is 9.98. The van der Waals surface area contributed by atoms with Crippen LogP contribution in [0, 0.1) is 6.92 Å². The molecule has 1 fully saturated rings. The largest absolute Gasteiger partial charge is 0.315 e. The van der Waals surface area contributed by atoms with E-state index in [-0.39, 0.29) is 0 Å². The number of aryl methyl sites for hydroxylation is 1. The maximum atomic E-state index is 4.40. The fraction of sp³-hybridized carbons (Fsp3) is 0.625. The zero-order valence-electron chi connectivity index (χ0n) is 13.1. The third-order valence-corrected chi connectivity index (χ3v) is 5.37. The number of nitrogens with zero attached hydrogens (tertiary/aromatic N) is 4. The van der Waals surface area contributed by atoms with E-state index in [9.17, 15) is 0 Å². The van der Waals surface area contributed by atoms with Gasteiger partial charge in [-0.15, -0.1) is 21.5 Å². The Morgan fingerprint density at radius 2 is 2.29 bits per heavy atom. The fourth-order valence-corrected chi connectivity index (χ4v) is 4.07. The van der Waals surface area contributed by atoms with Crippen molar-refractivity contribution in [2.75, 3.05) is 13.1 Å². The molecule has 3 rings (SSSR count). The first-order chi connectivity index (χ1) is 10.1. The van der Waals surface area contributed by atoms with E-state index in [1.165, 1.54) is 29.8 Å². The molecular weight excluding hydrogens is 280 g/mol. The lowest BCUT2D eigenvalue weighted by molar-refractivity contribution is 0.195. The summed E-state index contributed by atoms with van der Waals surface area (Å²) in [5.41, 5.74) is 1.42. The standard InChI is InChI=1S/C16H24N4S/c1-12(2)20-11-17-18-16(20)14-5-4-7-19(9-14)10-15-13(3)6-8-21-15/h6,8,11-12,14H,4-5,7,9-10H2,1-3H3/t14-/m1/s1. The lowest BCUT2D eigenvalue weighted by atomic mass is 9.96. The number of piperidine rings is 1. The summed E-state index contributed by atoms with van der Waals surface area (Å²) in [5.74, 6) is 1.68. The summed E-state index contributed by atoms with van der Waals surface area (Å²) in [4.78, 5) is 4.08. The predicted octanol–water partition coefficient (Wildman–Crippen LogP) is 3.61. The molecule has 1 atom stereocenters. The third kappa shape index (κ3) is 3.19. The lowest BCUT2D eigenvalue weighted by Crippen LogP contribution is -2.35. The van der Waals surface area contributed by atoms with Gasteiger partial charge < -0.3 is 4.57 Å². The molecule has 2 aromatic rings. The van der Waals surface area contributed by atoms with E-state index in [1.54, 1.807) is 0 Å². The van der Waals surface area contributed by atoms with Gasteiger partial charge in [0.05, 0.1) is 0 Å². The molecular formula is C16H24N4S. The molecule has 0 amide bonds. The van der Waals surface area contributed by atoms with Crippen LogP contribution in [-0.4, -0.2) is 32.8 Å². The Bertz CT molecular complexity index is 587. The Balaban J connectivity index is 1.71. The molecule has 0 spiro atoms. The van der Waals surface area contributed by atoms with Gasteiger partial charge in [0.1, 0.15) is 12.2 Å². The van der Waals surface area contributed by atoms with Gasteiger partial charge in [0, 0.05) is 29.9 Å². The molecule has 2 aromatic heterocycles. The molecule has 0 N–H and O–H groups in total. The Labute approximate surface area is 130 Å². The molecule has 114 valence electrons. The van der Waals surface area contributed by atoms with Crippen LogP contribution in [0.1, 0.15) is 54.9 Å². The molecule has 3 heterocycles. The van der Waals surface area contributed by atoms with E-state index >= 15 is 0 Å². The first-order valence-electron chi connectivity index (χ1n) is 7.80. The second-order valence-corrected chi connectivity index (χ2v) is 7.29. The van der Waals surface area contributed by atoms with Crippen molar-refractivity contribution in [3.05, 3.63) is 34.0 Å². The van der Waals surface area contributed by atoms with Gasteiger partial charge >= 0.3 is 0 Å². The van der Waals surface area contributed by atoms with Crippen LogP contribution in [-0.2, 0) is 6.54 Å². The van der Waals surface area contributed by atoms with Crippen LogP contribution in [0.3, 0.4) is 0 Å². The van der Waals surface area contributed by atoms with Crippen molar-refractivity contribution in [1.82, 2.24) is 19.7 Å². The summed E-state index contributed by atoms with van der Waals surface area (Å²) < 4.78 is 2.23. The van der Waals surface area contributed by atoms with Crippen LogP contribution in [0.2, 0.25) is 0 Å². The zero-order valence-corrected chi connectivity index (χ0v) is 13.9. The highest BCUT2D eigenvalue weighted by atomic mass is 32.1. The van der Waals surface area contributed by atoms with Crippen molar-refractivity contribution in [2.45, 2.75) is 52.1 Å². The molecule has 5 heteroatoms. The summed E-state index contributed by atoms with van der Waals surface area (Å²) in [5, 5.41) is 10.7. The average Bonchev–Trinajstić information content (AvgIpc) is 3.09. The van der Waals surface area contributed by atoms with Gasteiger partial charge in [-0.25, -0.2) is 0 Å². The highest BCUT2D eigenvalue weighted by molar-refractivity contribution is 7.10.